The quantitative estimate of drug-likeness (QED) is 0.761. The van der Waals surface area contributed by atoms with Crippen LogP contribution in [-0.2, 0) is 4.79 Å². The first kappa shape index (κ1) is 16.5. The van der Waals surface area contributed by atoms with Crippen LogP contribution < -0.4 is 10.6 Å². The molecule has 1 aliphatic carbocycles. The van der Waals surface area contributed by atoms with Gasteiger partial charge in [0.2, 0.25) is 5.91 Å². The number of benzene rings is 1. The summed E-state index contributed by atoms with van der Waals surface area (Å²) < 4.78 is 0.859. The van der Waals surface area contributed by atoms with E-state index in [9.17, 15) is 9.90 Å². The normalized spacial score (nSPS) is 25.6. The van der Waals surface area contributed by atoms with Crippen LogP contribution in [0.1, 0.15) is 32.6 Å². The largest absolute Gasteiger partial charge is 0.389 e. The van der Waals surface area contributed by atoms with Crippen LogP contribution in [0.3, 0.4) is 0 Å². The molecule has 0 heterocycles. The Hall–Kier alpha value is -0.910. The van der Waals surface area contributed by atoms with Crippen molar-refractivity contribution < 1.29 is 9.90 Å². The number of hydrogen-bond donors (Lipinski definition) is 3. The van der Waals surface area contributed by atoms with Crippen LogP contribution in [0.5, 0.6) is 0 Å². The van der Waals surface area contributed by atoms with Gasteiger partial charge in [0.25, 0.3) is 0 Å². The molecule has 1 aromatic carbocycles. The van der Waals surface area contributed by atoms with Gasteiger partial charge in [-0.25, -0.2) is 0 Å². The third-order valence-corrected chi connectivity index (χ3v) is 4.65. The summed E-state index contributed by atoms with van der Waals surface area (Å²) in [5.41, 5.74) is 0.0972. The molecule has 1 amide bonds. The van der Waals surface area contributed by atoms with Gasteiger partial charge < -0.3 is 15.7 Å². The van der Waals surface area contributed by atoms with E-state index < -0.39 is 5.60 Å². The minimum atomic E-state index is -0.661. The molecular weight excluding hydrogens is 332 g/mol. The molecule has 0 spiro atoms. The molecule has 1 saturated carbocycles. The first-order valence-electron chi connectivity index (χ1n) is 7.46. The summed E-state index contributed by atoms with van der Waals surface area (Å²) >= 11 is 3.40. The van der Waals surface area contributed by atoms with Crippen molar-refractivity contribution in [3.8, 4) is 0 Å². The van der Waals surface area contributed by atoms with E-state index in [1.807, 2.05) is 24.3 Å². The molecule has 116 valence electrons. The molecule has 2 rings (SSSR count). The Labute approximate surface area is 134 Å². The van der Waals surface area contributed by atoms with E-state index in [-0.39, 0.29) is 12.5 Å². The molecule has 0 bridgehead atoms. The minimum absolute atomic E-state index is 0.102. The highest BCUT2D eigenvalue weighted by molar-refractivity contribution is 9.10. The van der Waals surface area contributed by atoms with E-state index >= 15 is 0 Å². The van der Waals surface area contributed by atoms with Gasteiger partial charge in [0.1, 0.15) is 0 Å². The zero-order chi connectivity index (χ0) is 15.3. The Balaban J connectivity index is 1.75. The van der Waals surface area contributed by atoms with Crippen molar-refractivity contribution in [2.24, 2.45) is 5.92 Å². The van der Waals surface area contributed by atoms with Crippen molar-refractivity contribution in [2.75, 3.05) is 18.4 Å². The third kappa shape index (κ3) is 5.09. The molecule has 0 aromatic heterocycles. The van der Waals surface area contributed by atoms with E-state index in [1.165, 1.54) is 6.42 Å². The van der Waals surface area contributed by atoms with Crippen molar-refractivity contribution in [1.29, 1.82) is 0 Å². The van der Waals surface area contributed by atoms with Gasteiger partial charge in [-0.15, -0.1) is 0 Å². The summed E-state index contributed by atoms with van der Waals surface area (Å²) in [5, 5.41) is 16.4. The fraction of sp³-hybridized carbons (Fsp3) is 0.562. The van der Waals surface area contributed by atoms with Crippen molar-refractivity contribution in [2.45, 2.75) is 38.2 Å². The van der Waals surface area contributed by atoms with Gasteiger partial charge in [0.15, 0.2) is 0 Å². The number of anilines is 1. The fourth-order valence-corrected chi connectivity index (χ4v) is 3.34. The van der Waals surface area contributed by atoms with Crippen molar-refractivity contribution >= 4 is 27.5 Å². The van der Waals surface area contributed by atoms with Gasteiger partial charge in [-0.3, -0.25) is 4.79 Å². The fourth-order valence-electron chi connectivity index (χ4n) is 2.96. The molecule has 4 nitrogen and oxygen atoms in total. The predicted molar refractivity (Wildman–Crippen MR) is 88.2 cm³/mol. The van der Waals surface area contributed by atoms with E-state index in [0.717, 1.165) is 29.4 Å². The van der Waals surface area contributed by atoms with Gasteiger partial charge in [-0.05, 0) is 46.8 Å². The average molecular weight is 355 g/mol. The first-order valence-corrected chi connectivity index (χ1v) is 8.25. The summed E-state index contributed by atoms with van der Waals surface area (Å²) in [6.07, 6.45) is 3.87. The number of amides is 1. The number of hydrogen-bond acceptors (Lipinski definition) is 3. The molecule has 0 saturated heterocycles. The summed E-state index contributed by atoms with van der Waals surface area (Å²) in [5.74, 6) is 0.453. The number of nitrogens with one attached hydrogen (secondary N) is 2. The van der Waals surface area contributed by atoms with Crippen LogP contribution in [0.25, 0.3) is 0 Å². The Bertz CT molecular complexity index is 495. The zero-order valence-corrected chi connectivity index (χ0v) is 13.9. The van der Waals surface area contributed by atoms with Gasteiger partial charge in [0, 0.05) is 11.0 Å². The molecule has 21 heavy (non-hydrogen) atoms. The van der Waals surface area contributed by atoms with E-state index in [0.29, 0.717) is 12.5 Å². The number of carbonyl (C=O) groups excluding carboxylic acids is 1. The molecule has 2 atom stereocenters. The van der Waals surface area contributed by atoms with E-state index in [1.54, 1.807) is 0 Å². The summed E-state index contributed by atoms with van der Waals surface area (Å²) in [6.45, 7) is 2.85. The van der Waals surface area contributed by atoms with Crippen LogP contribution in [0.15, 0.2) is 28.7 Å². The molecule has 3 N–H and O–H groups in total. The number of aliphatic hydroxyl groups is 1. The van der Waals surface area contributed by atoms with Gasteiger partial charge in [0.05, 0.1) is 17.8 Å². The predicted octanol–water partition coefficient (Wildman–Crippen LogP) is 2.92. The van der Waals surface area contributed by atoms with Gasteiger partial charge in [-0.1, -0.05) is 31.9 Å². The molecule has 2 unspecified atom stereocenters. The molecular formula is C16H23BrN2O2. The van der Waals surface area contributed by atoms with E-state index in [2.05, 4.69) is 33.5 Å². The van der Waals surface area contributed by atoms with Crippen LogP contribution >= 0.6 is 15.9 Å². The lowest BCUT2D eigenvalue weighted by Crippen LogP contribution is -2.45. The number of halogens is 1. The maximum Gasteiger partial charge on any atom is 0.238 e. The SMILES string of the molecule is CC1CCCC(O)(CNCC(=O)Nc2ccccc2Br)C1. The smallest absolute Gasteiger partial charge is 0.238 e. The highest BCUT2D eigenvalue weighted by atomic mass is 79.9. The van der Waals surface area contributed by atoms with Gasteiger partial charge in [-0.2, -0.15) is 0 Å². The first-order chi connectivity index (χ1) is 9.98. The molecule has 0 aliphatic heterocycles. The van der Waals surface area contributed by atoms with Crippen LogP contribution in [-0.4, -0.2) is 29.7 Å². The minimum Gasteiger partial charge on any atom is -0.389 e. The molecule has 1 aromatic rings. The average Bonchev–Trinajstić information content (AvgIpc) is 2.41. The second-order valence-corrected chi connectivity index (χ2v) is 6.91. The Morgan fingerprint density at radius 1 is 1.48 bits per heavy atom. The second-order valence-electron chi connectivity index (χ2n) is 6.06. The molecule has 1 fully saturated rings. The maximum atomic E-state index is 11.9. The Morgan fingerprint density at radius 3 is 2.95 bits per heavy atom. The van der Waals surface area contributed by atoms with Crippen LogP contribution in [0.4, 0.5) is 5.69 Å². The summed E-state index contributed by atoms with van der Waals surface area (Å²) in [6, 6.07) is 7.51. The summed E-state index contributed by atoms with van der Waals surface area (Å²) in [7, 11) is 0. The lowest BCUT2D eigenvalue weighted by molar-refractivity contribution is -0.115. The van der Waals surface area contributed by atoms with Crippen LogP contribution in [0, 0.1) is 5.92 Å². The highest BCUT2D eigenvalue weighted by Gasteiger charge is 2.32. The maximum absolute atomic E-state index is 11.9. The second kappa shape index (κ2) is 7.38. The van der Waals surface area contributed by atoms with Crippen LogP contribution in [0.2, 0.25) is 0 Å². The zero-order valence-electron chi connectivity index (χ0n) is 12.4. The molecule has 0 radical (unpaired) electrons. The highest BCUT2D eigenvalue weighted by Crippen LogP contribution is 2.31. The monoisotopic (exact) mass is 354 g/mol. The topological polar surface area (TPSA) is 61.4 Å². The standard InChI is InChI=1S/C16H23BrN2O2/c1-12-5-4-8-16(21,9-12)11-18-10-15(20)19-14-7-3-2-6-13(14)17/h2-3,6-7,12,18,21H,4-5,8-11H2,1H3,(H,19,20). The van der Waals surface area contributed by atoms with Crippen molar-refractivity contribution in [3.63, 3.8) is 0 Å². The molecule has 1 aliphatic rings. The lowest BCUT2D eigenvalue weighted by Gasteiger charge is -2.35. The Kier molecular flexibility index (Phi) is 5.79. The molecule has 5 heteroatoms. The van der Waals surface area contributed by atoms with Crippen molar-refractivity contribution in [1.82, 2.24) is 5.32 Å². The number of para-hydroxylation sites is 1. The lowest BCUT2D eigenvalue weighted by atomic mass is 9.79. The third-order valence-electron chi connectivity index (χ3n) is 3.96. The van der Waals surface area contributed by atoms with E-state index in [4.69, 9.17) is 0 Å². The van der Waals surface area contributed by atoms with Gasteiger partial charge >= 0.3 is 0 Å². The Morgan fingerprint density at radius 2 is 2.24 bits per heavy atom. The number of carbonyl (C=O) groups is 1. The summed E-state index contributed by atoms with van der Waals surface area (Å²) in [4.78, 5) is 11.9. The van der Waals surface area contributed by atoms with Crippen molar-refractivity contribution in [3.05, 3.63) is 28.7 Å². The number of rotatable bonds is 5.